The summed E-state index contributed by atoms with van der Waals surface area (Å²) in [5, 5.41) is 3.38. The third-order valence-corrected chi connectivity index (χ3v) is 4.82. The van der Waals surface area contributed by atoms with Crippen molar-refractivity contribution in [1.82, 2.24) is 4.98 Å². The Kier molecular flexibility index (Phi) is 4.62. The number of benzene rings is 3. The molecular weight excluding hydrogens is 344 g/mol. The highest BCUT2D eigenvalue weighted by molar-refractivity contribution is 7.22. The summed E-state index contributed by atoms with van der Waals surface area (Å²) in [4.78, 5) is 16.6. The van der Waals surface area contributed by atoms with Crippen molar-refractivity contribution in [3.8, 4) is 16.9 Å². The topological polar surface area (TPSA) is 51.2 Å². The summed E-state index contributed by atoms with van der Waals surface area (Å²) in [6.07, 6.45) is 0. The zero-order chi connectivity index (χ0) is 17.8. The second-order valence-corrected chi connectivity index (χ2v) is 6.72. The molecule has 1 heterocycles. The highest BCUT2D eigenvalue weighted by Gasteiger charge is 2.10. The molecule has 0 unspecified atom stereocenters. The van der Waals surface area contributed by atoms with Gasteiger partial charge in [-0.3, -0.25) is 10.1 Å². The van der Waals surface area contributed by atoms with Gasteiger partial charge in [0.15, 0.2) is 11.7 Å². The lowest BCUT2D eigenvalue weighted by molar-refractivity contribution is -0.118. The number of hydrogen-bond donors (Lipinski definition) is 1. The molecule has 3 aromatic carbocycles. The van der Waals surface area contributed by atoms with Crippen molar-refractivity contribution in [3.63, 3.8) is 0 Å². The van der Waals surface area contributed by atoms with Crippen LogP contribution in [-0.2, 0) is 4.79 Å². The first-order valence-corrected chi connectivity index (χ1v) is 9.04. The van der Waals surface area contributed by atoms with Crippen molar-refractivity contribution >= 4 is 32.6 Å². The van der Waals surface area contributed by atoms with Crippen molar-refractivity contribution in [2.24, 2.45) is 0 Å². The third-order valence-electron chi connectivity index (χ3n) is 3.87. The Balaban J connectivity index is 1.45. The van der Waals surface area contributed by atoms with Gasteiger partial charge in [0, 0.05) is 5.56 Å². The van der Waals surface area contributed by atoms with E-state index < -0.39 is 0 Å². The normalized spacial score (nSPS) is 10.6. The molecule has 5 heteroatoms. The molecule has 1 aromatic heterocycles. The average Bonchev–Trinajstić information content (AvgIpc) is 3.09. The van der Waals surface area contributed by atoms with Gasteiger partial charge in [-0.2, -0.15) is 0 Å². The molecule has 0 fully saturated rings. The summed E-state index contributed by atoms with van der Waals surface area (Å²) < 4.78 is 6.80. The second-order valence-electron chi connectivity index (χ2n) is 5.69. The Labute approximate surface area is 155 Å². The molecule has 4 nitrogen and oxygen atoms in total. The van der Waals surface area contributed by atoms with E-state index in [1.807, 2.05) is 78.9 Å². The van der Waals surface area contributed by atoms with Crippen molar-refractivity contribution in [1.29, 1.82) is 0 Å². The summed E-state index contributed by atoms with van der Waals surface area (Å²) in [7, 11) is 0. The highest BCUT2D eigenvalue weighted by Crippen LogP contribution is 2.29. The Hall–Kier alpha value is -3.18. The molecule has 0 bridgehead atoms. The van der Waals surface area contributed by atoms with Gasteiger partial charge in [0.25, 0.3) is 5.91 Å². The van der Waals surface area contributed by atoms with E-state index >= 15 is 0 Å². The van der Waals surface area contributed by atoms with E-state index in [-0.39, 0.29) is 12.5 Å². The fourth-order valence-electron chi connectivity index (χ4n) is 2.67. The number of para-hydroxylation sites is 2. The predicted molar refractivity (Wildman–Crippen MR) is 106 cm³/mol. The van der Waals surface area contributed by atoms with Crippen molar-refractivity contribution < 1.29 is 9.53 Å². The molecule has 1 N–H and O–H groups in total. The first kappa shape index (κ1) is 16.3. The van der Waals surface area contributed by atoms with Crippen LogP contribution in [0.15, 0.2) is 78.9 Å². The number of anilines is 1. The molecule has 0 aliphatic heterocycles. The minimum atomic E-state index is -0.230. The number of thiazole rings is 1. The summed E-state index contributed by atoms with van der Waals surface area (Å²) in [5.74, 6) is 0.449. The number of ether oxygens (including phenoxy) is 1. The summed E-state index contributed by atoms with van der Waals surface area (Å²) in [6, 6.07) is 25.5. The second kappa shape index (κ2) is 7.37. The predicted octanol–water partition coefficient (Wildman–Crippen LogP) is 4.98. The zero-order valence-corrected chi connectivity index (χ0v) is 14.7. The van der Waals surface area contributed by atoms with Gasteiger partial charge in [-0.25, -0.2) is 4.98 Å². The highest BCUT2D eigenvalue weighted by atomic mass is 32.1. The van der Waals surface area contributed by atoms with Crippen LogP contribution in [-0.4, -0.2) is 17.5 Å². The van der Waals surface area contributed by atoms with Crippen LogP contribution in [0.1, 0.15) is 0 Å². The number of amides is 1. The van der Waals surface area contributed by atoms with Crippen molar-refractivity contribution in [2.75, 3.05) is 11.9 Å². The lowest BCUT2D eigenvalue weighted by atomic mass is 10.1. The number of nitrogens with one attached hydrogen (secondary N) is 1. The first-order valence-electron chi connectivity index (χ1n) is 8.22. The number of nitrogens with zero attached hydrogens (tertiary/aromatic N) is 1. The molecule has 0 atom stereocenters. The van der Waals surface area contributed by atoms with Crippen LogP contribution < -0.4 is 10.1 Å². The Morgan fingerprint density at radius 2 is 1.65 bits per heavy atom. The minimum absolute atomic E-state index is 0.0697. The maximum Gasteiger partial charge on any atom is 0.264 e. The number of aromatic nitrogens is 1. The fraction of sp³-hybridized carbons (Fsp3) is 0.0476. The van der Waals surface area contributed by atoms with Crippen molar-refractivity contribution in [3.05, 3.63) is 78.9 Å². The molecule has 0 aliphatic rings. The number of rotatable bonds is 5. The van der Waals surface area contributed by atoms with Crippen LogP contribution in [0.3, 0.4) is 0 Å². The molecular formula is C21H16N2O2S. The molecule has 0 spiro atoms. The minimum Gasteiger partial charge on any atom is -0.483 e. The fourth-order valence-corrected chi connectivity index (χ4v) is 3.56. The molecule has 0 aliphatic carbocycles. The number of hydrogen-bond acceptors (Lipinski definition) is 4. The van der Waals surface area contributed by atoms with Gasteiger partial charge < -0.3 is 4.74 Å². The van der Waals surface area contributed by atoms with Crippen LogP contribution in [0.4, 0.5) is 5.13 Å². The first-order chi connectivity index (χ1) is 12.8. The number of fused-ring (bicyclic) bond motifs is 1. The Morgan fingerprint density at radius 3 is 2.50 bits per heavy atom. The van der Waals surface area contributed by atoms with E-state index in [2.05, 4.69) is 10.3 Å². The monoisotopic (exact) mass is 360 g/mol. The average molecular weight is 360 g/mol. The van der Waals surface area contributed by atoms with E-state index in [0.717, 1.165) is 21.3 Å². The standard InChI is InChI=1S/C21H16N2O2S/c24-20(23-21-22-17-11-5-7-13-19(17)26-21)14-25-18-12-6-4-10-16(18)15-8-2-1-3-9-15/h1-13H,14H2,(H,22,23,24). The molecule has 0 saturated carbocycles. The quantitative estimate of drug-likeness (QED) is 0.546. The molecule has 4 aromatic rings. The smallest absolute Gasteiger partial charge is 0.264 e. The van der Waals surface area contributed by atoms with E-state index in [1.54, 1.807) is 0 Å². The summed E-state index contributed by atoms with van der Waals surface area (Å²) in [5.41, 5.74) is 2.89. The molecule has 1 amide bonds. The largest absolute Gasteiger partial charge is 0.483 e. The zero-order valence-electron chi connectivity index (χ0n) is 13.9. The van der Waals surface area contributed by atoms with Gasteiger partial charge in [-0.05, 0) is 23.8 Å². The van der Waals surface area contributed by atoms with Gasteiger partial charge in [-0.1, -0.05) is 72.0 Å². The Bertz CT molecular complexity index is 1010. The van der Waals surface area contributed by atoms with Crippen molar-refractivity contribution in [2.45, 2.75) is 0 Å². The Morgan fingerprint density at radius 1 is 0.923 bits per heavy atom. The molecule has 0 radical (unpaired) electrons. The number of carbonyl (C=O) groups excluding carboxylic acids is 1. The van der Waals surface area contributed by atoms with E-state index in [9.17, 15) is 4.79 Å². The van der Waals surface area contributed by atoms with Crippen LogP contribution in [0.2, 0.25) is 0 Å². The molecule has 4 rings (SSSR count). The summed E-state index contributed by atoms with van der Waals surface area (Å²) >= 11 is 1.45. The van der Waals surface area contributed by atoms with Crippen LogP contribution >= 0.6 is 11.3 Å². The summed E-state index contributed by atoms with van der Waals surface area (Å²) in [6.45, 7) is -0.0697. The maximum absolute atomic E-state index is 12.2. The van der Waals surface area contributed by atoms with Gasteiger partial charge in [0.1, 0.15) is 5.75 Å². The lowest BCUT2D eigenvalue weighted by Crippen LogP contribution is -2.20. The third kappa shape index (κ3) is 3.58. The SMILES string of the molecule is O=C(COc1ccccc1-c1ccccc1)Nc1nc2ccccc2s1. The van der Waals surface area contributed by atoms with E-state index in [4.69, 9.17) is 4.74 Å². The number of carbonyl (C=O) groups is 1. The molecule has 0 saturated heterocycles. The molecule has 128 valence electrons. The van der Waals surface area contributed by atoms with Gasteiger partial charge in [0.2, 0.25) is 0 Å². The maximum atomic E-state index is 12.2. The van der Waals surface area contributed by atoms with Crippen LogP contribution in [0.5, 0.6) is 5.75 Å². The van der Waals surface area contributed by atoms with Gasteiger partial charge in [0.05, 0.1) is 10.2 Å². The molecule has 26 heavy (non-hydrogen) atoms. The van der Waals surface area contributed by atoms with E-state index in [1.165, 1.54) is 11.3 Å². The van der Waals surface area contributed by atoms with Gasteiger partial charge in [-0.15, -0.1) is 0 Å². The van der Waals surface area contributed by atoms with Crippen LogP contribution in [0.25, 0.3) is 21.3 Å². The lowest BCUT2D eigenvalue weighted by Gasteiger charge is -2.11. The van der Waals surface area contributed by atoms with E-state index in [0.29, 0.717) is 10.9 Å². The van der Waals surface area contributed by atoms with Crippen LogP contribution in [0, 0.1) is 0 Å². The van der Waals surface area contributed by atoms with Gasteiger partial charge >= 0.3 is 0 Å².